The predicted octanol–water partition coefficient (Wildman–Crippen LogP) is 0.604. The van der Waals surface area contributed by atoms with Gasteiger partial charge in [-0.1, -0.05) is 0 Å². The van der Waals surface area contributed by atoms with Crippen LogP contribution in [0.1, 0.15) is 12.8 Å². The molecule has 130 valence electrons. The molecule has 0 spiro atoms. The molecule has 23 heavy (non-hydrogen) atoms. The normalized spacial score (nSPS) is 28.4. The largest absolute Gasteiger partial charge is 0.443 e. The molecule has 1 aliphatic carbocycles. The van der Waals surface area contributed by atoms with E-state index in [2.05, 4.69) is 4.99 Å². The van der Waals surface area contributed by atoms with Crippen molar-refractivity contribution in [3.63, 3.8) is 0 Å². The van der Waals surface area contributed by atoms with Crippen molar-refractivity contribution in [2.75, 3.05) is 34.0 Å². The van der Waals surface area contributed by atoms with Crippen molar-refractivity contribution in [1.29, 1.82) is 0 Å². The Labute approximate surface area is 132 Å². The maximum Gasteiger partial charge on any atom is 0.443 e. The van der Waals surface area contributed by atoms with Crippen molar-refractivity contribution in [3.05, 3.63) is 11.9 Å². The molecule has 9 heteroatoms. The number of alkyl halides is 3. The third-order valence-electron chi connectivity index (χ3n) is 4.85. The van der Waals surface area contributed by atoms with E-state index in [0.29, 0.717) is 19.9 Å². The van der Waals surface area contributed by atoms with E-state index in [1.165, 1.54) is 0 Å². The molecule has 2 N–H and O–H groups in total. The molecule has 2 aliphatic heterocycles. The van der Waals surface area contributed by atoms with E-state index in [1.54, 1.807) is 0 Å². The highest BCUT2D eigenvalue weighted by Gasteiger charge is 2.60. The lowest BCUT2D eigenvalue weighted by Gasteiger charge is -2.45. The Kier molecular flexibility index (Phi) is 3.75. The van der Waals surface area contributed by atoms with Crippen molar-refractivity contribution < 1.29 is 23.4 Å². The highest BCUT2D eigenvalue weighted by atomic mass is 19.4. The van der Waals surface area contributed by atoms with Crippen LogP contribution in [-0.4, -0.2) is 76.7 Å². The van der Waals surface area contributed by atoms with Crippen LogP contribution in [0.3, 0.4) is 0 Å². The first-order valence-electron chi connectivity index (χ1n) is 7.54. The molecule has 0 aromatic heterocycles. The maximum atomic E-state index is 12.6. The van der Waals surface area contributed by atoms with E-state index in [0.717, 1.165) is 11.5 Å². The van der Waals surface area contributed by atoms with Crippen molar-refractivity contribution >= 4 is 5.84 Å². The number of halogens is 3. The SMILES string of the molecule is CN1CN=C2C1=CN(CC1CC(C(O)(O)C(F)(F)F)C1)CN2C. The van der Waals surface area contributed by atoms with E-state index >= 15 is 0 Å². The summed E-state index contributed by atoms with van der Waals surface area (Å²) in [5.41, 5.74) is 1.00. The zero-order chi connectivity index (χ0) is 17.0. The molecule has 1 saturated carbocycles. The first kappa shape index (κ1) is 16.4. The smallest absolute Gasteiger partial charge is 0.358 e. The van der Waals surface area contributed by atoms with Crippen LogP contribution in [0.2, 0.25) is 0 Å². The maximum absolute atomic E-state index is 12.6. The van der Waals surface area contributed by atoms with Gasteiger partial charge in [0, 0.05) is 32.8 Å². The summed E-state index contributed by atoms with van der Waals surface area (Å²) in [6, 6.07) is 0. The third kappa shape index (κ3) is 2.76. The predicted molar refractivity (Wildman–Crippen MR) is 76.9 cm³/mol. The fourth-order valence-electron chi connectivity index (χ4n) is 3.41. The number of hydrogen-bond donors (Lipinski definition) is 2. The van der Waals surface area contributed by atoms with Crippen molar-refractivity contribution in [2.45, 2.75) is 24.8 Å². The Bertz CT molecular complexity index is 541. The molecule has 0 aromatic rings. The number of nitrogens with zero attached hydrogens (tertiary/aromatic N) is 4. The second kappa shape index (κ2) is 5.27. The average Bonchev–Trinajstić information content (AvgIpc) is 2.74. The highest BCUT2D eigenvalue weighted by molar-refractivity contribution is 5.99. The molecular formula is C14H21F3N4O2. The van der Waals surface area contributed by atoms with Crippen LogP contribution < -0.4 is 0 Å². The van der Waals surface area contributed by atoms with E-state index in [4.69, 9.17) is 0 Å². The summed E-state index contributed by atoms with van der Waals surface area (Å²) >= 11 is 0. The average molecular weight is 334 g/mol. The number of fused-ring (bicyclic) bond motifs is 1. The number of amidine groups is 1. The van der Waals surface area contributed by atoms with Gasteiger partial charge in [0.25, 0.3) is 5.79 Å². The van der Waals surface area contributed by atoms with Crippen LogP contribution in [0.5, 0.6) is 0 Å². The van der Waals surface area contributed by atoms with Crippen molar-refractivity contribution in [2.24, 2.45) is 16.8 Å². The van der Waals surface area contributed by atoms with Gasteiger partial charge in [-0.05, 0) is 18.8 Å². The summed E-state index contributed by atoms with van der Waals surface area (Å²) in [4.78, 5) is 10.5. The zero-order valence-corrected chi connectivity index (χ0v) is 13.1. The molecule has 0 radical (unpaired) electrons. The minimum absolute atomic E-state index is 0.0245. The molecule has 0 bridgehead atoms. The third-order valence-corrected chi connectivity index (χ3v) is 4.85. The molecule has 1 fully saturated rings. The number of likely N-dealkylation sites (N-methyl/N-ethyl adjacent to an activating group) is 2. The van der Waals surface area contributed by atoms with Crippen LogP contribution in [-0.2, 0) is 0 Å². The Morgan fingerprint density at radius 2 is 1.87 bits per heavy atom. The topological polar surface area (TPSA) is 62.5 Å². The van der Waals surface area contributed by atoms with Gasteiger partial charge in [-0.15, -0.1) is 0 Å². The van der Waals surface area contributed by atoms with Gasteiger partial charge in [0.1, 0.15) is 6.67 Å². The number of aliphatic hydroxyl groups is 2. The summed E-state index contributed by atoms with van der Waals surface area (Å²) < 4.78 is 37.8. The Morgan fingerprint density at radius 1 is 1.22 bits per heavy atom. The summed E-state index contributed by atoms with van der Waals surface area (Å²) in [5.74, 6) is -3.77. The number of rotatable bonds is 3. The summed E-state index contributed by atoms with van der Waals surface area (Å²) in [6.45, 7) is 1.83. The highest BCUT2D eigenvalue weighted by Crippen LogP contribution is 2.47. The lowest BCUT2D eigenvalue weighted by atomic mass is 9.70. The van der Waals surface area contributed by atoms with Crippen LogP contribution >= 0.6 is 0 Å². The molecule has 0 unspecified atom stereocenters. The van der Waals surface area contributed by atoms with Gasteiger partial charge in [-0.3, -0.25) is 0 Å². The van der Waals surface area contributed by atoms with Crippen LogP contribution in [0.25, 0.3) is 0 Å². The van der Waals surface area contributed by atoms with Gasteiger partial charge in [0.15, 0.2) is 5.84 Å². The molecule has 0 atom stereocenters. The Morgan fingerprint density at radius 3 is 2.48 bits per heavy atom. The second-order valence-electron chi connectivity index (χ2n) is 6.70. The number of hydrogen-bond acceptors (Lipinski definition) is 6. The second-order valence-corrected chi connectivity index (χ2v) is 6.70. The van der Waals surface area contributed by atoms with Gasteiger partial charge in [-0.2, -0.15) is 13.2 Å². The minimum Gasteiger partial charge on any atom is -0.358 e. The van der Waals surface area contributed by atoms with E-state index < -0.39 is 17.9 Å². The van der Waals surface area contributed by atoms with Gasteiger partial charge in [0.05, 0.1) is 12.4 Å². The van der Waals surface area contributed by atoms with Crippen LogP contribution in [0, 0.1) is 11.8 Å². The van der Waals surface area contributed by atoms with E-state index in [-0.39, 0.29) is 18.8 Å². The Balaban J connectivity index is 1.58. The summed E-state index contributed by atoms with van der Waals surface area (Å²) in [6.07, 6.45) is -2.71. The molecule has 3 rings (SSSR count). The van der Waals surface area contributed by atoms with Crippen LogP contribution in [0.4, 0.5) is 13.2 Å². The van der Waals surface area contributed by atoms with Crippen molar-refractivity contribution in [3.8, 4) is 0 Å². The lowest BCUT2D eigenvalue weighted by Crippen LogP contribution is -2.56. The van der Waals surface area contributed by atoms with E-state index in [1.807, 2.05) is 35.0 Å². The lowest BCUT2D eigenvalue weighted by molar-refractivity contribution is -0.380. The molecular weight excluding hydrogens is 313 g/mol. The van der Waals surface area contributed by atoms with Gasteiger partial charge < -0.3 is 24.9 Å². The molecule has 3 aliphatic rings. The van der Waals surface area contributed by atoms with Gasteiger partial charge in [-0.25, -0.2) is 4.99 Å². The number of aliphatic imine (C=N–C) groups is 1. The molecule has 2 heterocycles. The minimum atomic E-state index is -5.01. The Hall–Kier alpha value is -1.48. The quantitative estimate of drug-likeness (QED) is 0.741. The fraction of sp³-hybridized carbons (Fsp3) is 0.786. The van der Waals surface area contributed by atoms with Gasteiger partial charge in [0.2, 0.25) is 0 Å². The van der Waals surface area contributed by atoms with Crippen LogP contribution in [0.15, 0.2) is 16.9 Å². The molecule has 0 saturated heterocycles. The fourth-order valence-corrected chi connectivity index (χ4v) is 3.41. The summed E-state index contributed by atoms with van der Waals surface area (Å²) in [7, 11) is 3.87. The molecule has 6 nitrogen and oxygen atoms in total. The summed E-state index contributed by atoms with van der Waals surface area (Å²) in [5, 5.41) is 18.5. The van der Waals surface area contributed by atoms with Gasteiger partial charge >= 0.3 is 6.18 Å². The molecule has 0 amide bonds. The van der Waals surface area contributed by atoms with E-state index in [9.17, 15) is 23.4 Å². The molecule has 0 aromatic carbocycles. The first-order chi connectivity index (χ1) is 10.6. The monoisotopic (exact) mass is 334 g/mol. The zero-order valence-electron chi connectivity index (χ0n) is 13.1. The standard InChI is InChI=1S/C14H21F3N4O2/c1-19-7-18-12-11(19)6-21(8-20(12)2)5-9-3-10(4-9)13(22,23)14(15,16)17/h6,9-10,22-23H,3-5,7-8H2,1-2H3. The first-order valence-corrected chi connectivity index (χ1v) is 7.54. The van der Waals surface area contributed by atoms with Crippen molar-refractivity contribution in [1.82, 2.24) is 14.7 Å².